The molecule has 2 aromatic heterocycles. The number of nitrogens with zero attached hydrogens (tertiary/aromatic N) is 3. The van der Waals surface area contributed by atoms with Gasteiger partial charge in [-0.15, -0.1) is 11.3 Å². The fraction of sp³-hybridized carbons (Fsp3) is 0.214. The summed E-state index contributed by atoms with van der Waals surface area (Å²) >= 11 is 5.10. The van der Waals surface area contributed by atoms with E-state index in [1.165, 1.54) is 0 Å². The molecule has 0 saturated heterocycles. The van der Waals surface area contributed by atoms with Gasteiger partial charge >= 0.3 is 0 Å². The fourth-order valence-corrected chi connectivity index (χ4v) is 3.05. The van der Waals surface area contributed by atoms with E-state index in [1.807, 2.05) is 31.3 Å². The zero-order valence-electron chi connectivity index (χ0n) is 11.1. The molecule has 2 heterocycles. The van der Waals surface area contributed by atoms with E-state index in [1.54, 1.807) is 11.3 Å². The molecule has 0 spiro atoms. The average molecular weight is 349 g/mol. The van der Waals surface area contributed by atoms with Crippen molar-refractivity contribution in [3.63, 3.8) is 0 Å². The van der Waals surface area contributed by atoms with Crippen molar-refractivity contribution in [3.05, 3.63) is 33.9 Å². The Balaban J connectivity index is 2.22. The Morgan fingerprint density at radius 1 is 1.30 bits per heavy atom. The summed E-state index contributed by atoms with van der Waals surface area (Å²) in [4.78, 5) is 14.5. The molecule has 0 bridgehead atoms. The summed E-state index contributed by atoms with van der Waals surface area (Å²) in [5.74, 6) is 1.58. The molecule has 1 N–H and O–H groups in total. The number of halogens is 1. The molecule has 6 heteroatoms. The molecule has 3 rings (SSSR count). The number of anilines is 1. The van der Waals surface area contributed by atoms with Gasteiger partial charge in [0.15, 0.2) is 5.82 Å². The van der Waals surface area contributed by atoms with Crippen molar-refractivity contribution in [2.45, 2.75) is 13.8 Å². The minimum absolute atomic E-state index is 0.723. The standard InChI is InChI=1S/C14H13BrN4S/c1-3-16-13-10-6-9(15)4-5-11(10)18-14(19-13)12-7-17-8(2)20-12/h4-7H,3H2,1-2H3,(H,16,18,19). The minimum atomic E-state index is 0.723. The van der Waals surface area contributed by atoms with Gasteiger partial charge in [0.1, 0.15) is 5.82 Å². The summed E-state index contributed by atoms with van der Waals surface area (Å²) < 4.78 is 1.02. The molecule has 0 aliphatic rings. The summed E-state index contributed by atoms with van der Waals surface area (Å²) in [5.41, 5.74) is 0.931. The molecule has 4 nitrogen and oxygen atoms in total. The quantitative estimate of drug-likeness (QED) is 0.768. The van der Waals surface area contributed by atoms with Gasteiger partial charge in [0.25, 0.3) is 0 Å². The van der Waals surface area contributed by atoms with Gasteiger partial charge in [0, 0.05) is 22.6 Å². The van der Waals surface area contributed by atoms with Crippen LogP contribution in [0, 0.1) is 6.92 Å². The second-order valence-electron chi connectivity index (χ2n) is 4.33. The lowest BCUT2D eigenvalue weighted by Gasteiger charge is -2.09. The van der Waals surface area contributed by atoms with Crippen LogP contribution in [0.15, 0.2) is 28.9 Å². The number of fused-ring (bicyclic) bond motifs is 1. The molecule has 0 radical (unpaired) electrons. The van der Waals surface area contributed by atoms with Gasteiger partial charge in [0.05, 0.1) is 15.4 Å². The van der Waals surface area contributed by atoms with Crippen LogP contribution >= 0.6 is 27.3 Å². The highest BCUT2D eigenvalue weighted by Crippen LogP contribution is 2.29. The van der Waals surface area contributed by atoms with Crippen LogP contribution in [0.5, 0.6) is 0 Å². The number of hydrogen-bond donors (Lipinski definition) is 1. The van der Waals surface area contributed by atoms with Crippen LogP contribution in [0.2, 0.25) is 0 Å². The van der Waals surface area contributed by atoms with Crippen molar-refractivity contribution in [1.29, 1.82) is 0 Å². The Bertz CT molecular complexity index is 769. The van der Waals surface area contributed by atoms with Crippen LogP contribution in [0.4, 0.5) is 5.82 Å². The van der Waals surface area contributed by atoms with Crippen molar-refractivity contribution in [1.82, 2.24) is 15.0 Å². The summed E-state index contributed by atoms with van der Waals surface area (Å²) in [6, 6.07) is 6.03. The Kier molecular flexibility index (Phi) is 3.67. The summed E-state index contributed by atoms with van der Waals surface area (Å²) in [7, 11) is 0. The maximum absolute atomic E-state index is 4.64. The van der Waals surface area contributed by atoms with Crippen LogP contribution in [0.3, 0.4) is 0 Å². The van der Waals surface area contributed by atoms with Crippen LogP contribution in [-0.4, -0.2) is 21.5 Å². The monoisotopic (exact) mass is 348 g/mol. The first-order valence-corrected chi connectivity index (χ1v) is 7.92. The topological polar surface area (TPSA) is 50.7 Å². The van der Waals surface area contributed by atoms with Crippen molar-refractivity contribution in [2.75, 3.05) is 11.9 Å². The Hall–Kier alpha value is -1.53. The second kappa shape index (κ2) is 5.46. The Morgan fingerprint density at radius 3 is 2.85 bits per heavy atom. The lowest BCUT2D eigenvalue weighted by Crippen LogP contribution is -2.02. The number of aromatic nitrogens is 3. The molecule has 20 heavy (non-hydrogen) atoms. The molecule has 0 aliphatic carbocycles. The van der Waals surface area contributed by atoms with Crippen LogP contribution in [-0.2, 0) is 0 Å². The van der Waals surface area contributed by atoms with Crippen molar-refractivity contribution in [3.8, 4) is 10.7 Å². The number of rotatable bonds is 3. The molecular formula is C14H13BrN4S. The van der Waals surface area contributed by atoms with Gasteiger partial charge < -0.3 is 5.32 Å². The molecule has 1 aromatic carbocycles. The minimum Gasteiger partial charge on any atom is -0.370 e. The zero-order chi connectivity index (χ0) is 14.1. The first-order chi connectivity index (χ1) is 9.67. The van der Waals surface area contributed by atoms with Gasteiger partial charge in [-0.2, -0.15) is 0 Å². The third-order valence-electron chi connectivity index (χ3n) is 2.84. The summed E-state index contributed by atoms with van der Waals surface area (Å²) in [6.45, 7) is 4.86. The first kappa shape index (κ1) is 13.5. The maximum Gasteiger partial charge on any atom is 0.173 e. The van der Waals surface area contributed by atoms with Gasteiger partial charge in [-0.25, -0.2) is 15.0 Å². The third kappa shape index (κ3) is 2.53. The van der Waals surface area contributed by atoms with Gasteiger partial charge in [-0.3, -0.25) is 0 Å². The van der Waals surface area contributed by atoms with E-state index in [-0.39, 0.29) is 0 Å². The fourth-order valence-electron chi connectivity index (χ4n) is 1.98. The Labute approximate surface area is 129 Å². The van der Waals surface area contributed by atoms with Crippen LogP contribution in [0.1, 0.15) is 11.9 Å². The van der Waals surface area contributed by atoms with Gasteiger partial charge in [-0.1, -0.05) is 15.9 Å². The molecule has 0 fully saturated rings. The molecule has 0 aliphatic heterocycles. The molecule has 3 aromatic rings. The number of nitrogens with one attached hydrogen (secondary N) is 1. The van der Waals surface area contributed by atoms with E-state index in [9.17, 15) is 0 Å². The summed E-state index contributed by atoms with van der Waals surface area (Å²) in [5, 5.41) is 5.34. The number of thiazole rings is 1. The van der Waals surface area contributed by atoms with Crippen LogP contribution in [0.25, 0.3) is 21.6 Å². The van der Waals surface area contributed by atoms with Gasteiger partial charge in [0.2, 0.25) is 0 Å². The van der Waals surface area contributed by atoms with E-state index < -0.39 is 0 Å². The molecule has 0 unspecified atom stereocenters. The third-order valence-corrected chi connectivity index (χ3v) is 4.25. The SMILES string of the molecule is CCNc1nc(-c2cnc(C)s2)nc2ccc(Br)cc12. The smallest absolute Gasteiger partial charge is 0.173 e. The predicted molar refractivity (Wildman–Crippen MR) is 87.2 cm³/mol. The summed E-state index contributed by atoms with van der Waals surface area (Å²) in [6.07, 6.45) is 1.83. The van der Waals surface area contributed by atoms with Crippen LogP contribution < -0.4 is 5.32 Å². The van der Waals surface area contributed by atoms with E-state index in [2.05, 4.69) is 43.1 Å². The van der Waals surface area contributed by atoms with Crippen molar-refractivity contribution < 1.29 is 0 Å². The largest absolute Gasteiger partial charge is 0.370 e. The second-order valence-corrected chi connectivity index (χ2v) is 6.48. The van der Waals surface area contributed by atoms with Crippen molar-refractivity contribution >= 4 is 44.0 Å². The van der Waals surface area contributed by atoms with E-state index in [0.717, 1.165) is 43.4 Å². The predicted octanol–water partition coefficient (Wildman–Crippen LogP) is 4.26. The number of benzene rings is 1. The lowest BCUT2D eigenvalue weighted by molar-refractivity contribution is 1.15. The molecule has 0 atom stereocenters. The number of hydrogen-bond acceptors (Lipinski definition) is 5. The zero-order valence-corrected chi connectivity index (χ0v) is 13.5. The molecule has 0 amide bonds. The van der Waals surface area contributed by atoms with Crippen molar-refractivity contribution in [2.24, 2.45) is 0 Å². The Morgan fingerprint density at radius 2 is 2.15 bits per heavy atom. The number of aryl methyl sites for hydroxylation is 1. The average Bonchev–Trinajstić information content (AvgIpc) is 2.86. The highest BCUT2D eigenvalue weighted by Gasteiger charge is 2.11. The van der Waals surface area contributed by atoms with E-state index >= 15 is 0 Å². The molecule has 0 saturated carbocycles. The maximum atomic E-state index is 4.64. The first-order valence-electron chi connectivity index (χ1n) is 6.31. The highest BCUT2D eigenvalue weighted by atomic mass is 79.9. The molecular weight excluding hydrogens is 336 g/mol. The molecule has 102 valence electrons. The van der Waals surface area contributed by atoms with E-state index in [4.69, 9.17) is 0 Å². The lowest BCUT2D eigenvalue weighted by atomic mass is 10.2. The normalized spacial score (nSPS) is 10.9. The van der Waals surface area contributed by atoms with E-state index in [0.29, 0.717) is 0 Å². The highest BCUT2D eigenvalue weighted by molar-refractivity contribution is 9.10. The van der Waals surface area contributed by atoms with Gasteiger partial charge in [-0.05, 0) is 32.0 Å².